The van der Waals surface area contributed by atoms with Gasteiger partial charge in [-0.15, -0.1) is 0 Å². The average molecular weight is 362 g/mol. The Balaban J connectivity index is 1.70. The number of hydrogen-bond donors (Lipinski definition) is 2. The highest BCUT2D eigenvalue weighted by atomic mass is 16.5. The van der Waals surface area contributed by atoms with Crippen molar-refractivity contribution in [2.24, 2.45) is 0 Å². The second kappa shape index (κ2) is 8.76. The van der Waals surface area contributed by atoms with Gasteiger partial charge in [0.15, 0.2) is 0 Å². The third-order valence-electron chi connectivity index (χ3n) is 3.96. The molecule has 0 atom stereocenters. The summed E-state index contributed by atoms with van der Waals surface area (Å²) >= 11 is 0. The number of para-hydroxylation sites is 3. The van der Waals surface area contributed by atoms with E-state index in [1.165, 1.54) is 0 Å². The van der Waals surface area contributed by atoms with Crippen molar-refractivity contribution in [3.63, 3.8) is 0 Å². The third kappa shape index (κ3) is 4.58. The molecular weight excluding hydrogens is 340 g/mol. The quantitative estimate of drug-likeness (QED) is 0.615. The van der Waals surface area contributed by atoms with Gasteiger partial charge in [0.2, 0.25) is 0 Å². The van der Waals surface area contributed by atoms with E-state index in [9.17, 15) is 4.79 Å². The second-order valence-corrected chi connectivity index (χ2v) is 5.79. The molecule has 2 N–H and O–H groups in total. The first-order valence-electron chi connectivity index (χ1n) is 8.74. The fourth-order valence-corrected chi connectivity index (χ4v) is 2.67. The number of methoxy groups -OCH3 is 1. The number of anilines is 3. The van der Waals surface area contributed by atoms with Crippen molar-refractivity contribution in [3.8, 4) is 11.5 Å². The molecule has 0 bridgehead atoms. The molecule has 3 aromatic carbocycles. The molecule has 138 valence electrons. The first kappa shape index (κ1) is 18.3. The predicted molar refractivity (Wildman–Crippen MR) is 108 cm³/mol. The fourth-order valence-electron chi connectivity index (χ4n) is 2.67. The molecule has 0 heterocycles. The van der Waals surface area contributed by atoms with Crippen molar-refractivity contribution in [1.82, 2.24) is 0 Å². The van der Waals surface area contributed by atoms with Crippen LogP contribution in [0, 0.1) is 0 Å². The molecule has 0 aromatic heterocycles. The lowest BCUT2D eigenvalue weighted by molar-refractivity contribution is 0.102. The molecule has 0 aliphatic heterocycles. The van der Waals surface area contributed by atoms with Gasteiger partial charge in [-0.05, 0) is 55.5 Å². The van der Waals surface area contributed by atoms with Crippen molar-refractivity contribution in [3.05, 3.63) is 78.4 Å². The molecule has 0 fully saturated rings. The lowest BCUT2D eigenvalue weighted by Crippen LogP contribution is -2.13. The van der Waals surface area contributed by atoms with Crippen molar-refractivity contribution in [2.75, 3.05) is 24.4 Å². The smallest absolute Gasteiger partial charge is 0.259 e. The van der Waals surface area contributed by atoms with Gasteiger partial charge >= 0.3 is 0 Å². The van der Waals surface area contributed by atoms with E-state index in [4.69, 9.17) is 9.47 Å². The molecule has 5 nitrogen and oxygen atoms in total. The molecule has 0 spiro atoms. The number of nitrogens with one attached hydrogen (secondary N) is 2. The predicted octanol–water partition coefficient (Wildman–Crippen LogP) is 5.09. The Morgan fingerprint density at radius 2 is 1.48 bits per heavy atom. The number of benzene rings is 3. The SMILES string of the molecule is CCOc1ccccc1Nc1ccc(NC(=O)c2ccccc2OC)cc1. The average Bonchev–Trinajstić information content (AvgIpc) is 2.71. The van der Waals surface area contributed by atoms with Gasteiger partial charge in [0.25, 0.3) is 5.91 Å². The third-order valence-corrected chi connectivity index (χ3v) is 3.96. The number of amides is 1. The van der Waals surface area contributed by atoms with E-state index in [0.717, 1.165) is 17.1 Å². The molecule has 0 unspecified atom stereocenters. The minimum Gasteiger partial charge on any atom is -0.496 e. The van der Waals surface area contributed by atoms with E-state index in [1.807, 2.05) is 61.5 Å². The molecule has 0 aliphatic carbocycles. The maximum atomic E-state index is 12.5. The number of carbonyl (C=O) groups excluding carboxylic acids is 1. The molecule has 1 amide bonds. The van der Waals surface area contributed by atoms with Gasteiger partial charge in [-0.1, -0.05) is 24.3 Å². The van der Waals surface area contributed by atoms with Crippen LogP contribution in [0.1, 0.15) is 17.3 Å². The number of hydrogen-bond acceptors (Lipinski definition) is 4. The summed E-state index contributed by atoms with van der Waals surface area (Å²) in [6.07, 6.45) is 0. The Morgan fingerprint density at radius 1 is 0.852 bits per heavy atom. The first-order valence-corrected chi connectivity index (χ1v) is 8.74. The molecule has 0 radical (unpaired) electrons. The Hall–Kier alpha value is -3.47. The van der Waals surface area contributed by atoms with Gasteiger partial charge < -0.3 is 20.1 Å². The molecule has 0 saturated carbocycles. The van der Waals surface area contributed by atoms with E-state index in [-0.39, 0.29) is 5.91 Å². The zero-order valence-electron chi connectivity index (χ0n) is 15.4. The van der Waals surface area contributed by atoms with Crippen molar-refractivity contribution in [1.29, 1.82) is 0 Å². The molecule has 5 heteroatoms. The monoisotopic (exact) mass is 362 g/mol. The van der Waals surface area contributed by atoms with Crippen LogP contribution in [-0.4, -0.2) is 19.6 Å². The molecule has 0 saturated heterocycles. The second-order valence-electron chi connectivity index (χ2n) is 5.79. The van der Waals surface area contributed by atoms with E-state index in [1.54, 1.807) is 25.3 Å². The van der Waals surface area contributed by atoms with E-state index in [0.29, 0.717) is 23.6 Å². The summed E-state index contributed by atoms with van der Waals surface area (Å²) < 4.78 is 10.9. The summed E-state index contributed by atoms with van der Waals surface area (Å²) in [5, 5.41) is 6.21. The maximum absolute atomic E-state index is 12.5. The highest BCUT2D eigenvalue weighted by molar-refractivity contribution is 6.06. The zero-order valence-corrected chi connectivity index (χ0v) is 15.4. The summed E-state index contributed by atoms with van der Waals surface area (Å²) in [7, 11) is 1.55. The van der Waals surface area contributed by atoms with Crippen LogP contribution in [0.25, 0.3) is 0 Å². The summed E-state index contributed by atoms with van der Waals surface area (Å²) in [5.74, 6) is 1.13. The van der Waals surface area contributed by atoms with Crippen LogP contribution in [0.15, 0.2) is 72.8 Å². The van der Waals surface area contributed by atoms with Crippen molar-refractivity contribution in [2.45, 2.75) is 6.92 Å². The minimum absolute atomic E-state index is 0.213. The van der Waals surface area contributed by atoms with Gasteiger partial charge in [0.05, 0.1) is 25.0 Å². The van der Waals surface area contributed by atoms with Crippen LogP contribution in [0.5, 0.6) is 11.5 Å². The molecule has 0 aliphatic rings. The zero-order chi connectivity index (χ0) is 19.1. The highest BCUT2D eigenvalue weighted by Crippen LogP contribution is 2.28. The first-order chi connectivity index (χ1) is 13.2. The van der Waals surface area contributed by atoms with Crippen LogP contribution in [0.4, 0.5) is 17.1 Å². The van der Waals surface area contributed by atoms with Gasteiger partial charge in [0.1, 0.15) is 11.5 Å². The summed E-state index contributed by atoms with van der Waals surface area (Å²) in [6, 6.07) is 22.4. The lowest BCUT2D eigenvalue weighted by atomic mass is 10.2. The molecule has 27 heavy (non-hydrogen) atoms. The fraction of sp³-hybridized carbons (Fsp3) is 0.136. The number of ether oxygens (including phenoxy) is 2. The topological polar surface area (TPSA) is 59.6 Å². The Kier molecular flexibility index (Phi) is 5.94. The van der Waals surface area contributed by atoms with Gasteiger partial charge in [-0.2, -0.15) is 0 Å². The van der Waals surface area contributed by atoms with Crippen molar-refractivity contribution >= 4 is 23.0 Å². The summed E-state index contributed by atoms with van der Waals surface area (Å²) in [6.45, 7) is 2.56. The van der Waals surface area contributed by atoms with E-state index >= 15 is 0 Å². The van der Waals surface area contributed by atoms with Crippen molar-refractivity contribution < 1.29 is 14.3 Å². The van der Waals surface area contributed by atoms with Crippen LogP contribution in [0.3, 0.4) is 0 Å². The molecule has 3 rings (SSSR count). The Labute approximate surface area is 158 Å². The Bertz CT molecular complexity index is 907. The normalized spacial score (nSPS) is 10.1. The van der Waals surface area contributed by atoms with Crippen LogP contribution < -0.4 is 20.1 Å². The van der Waals surface area contributed by atoms with Crippen LogP contribution >= 0.6 is 0 Å². The van der Waals surface area contributed by atoms with Gasteiger partial charge in [0, 0.05) is 11.4 Å². The van der Waals surface area contributed by atoms with E-state index < -0.39 is 0 Å². The van der Waals surface area contributed by atoms with Crippen LogP contribution in [0.2, 0.25) is 0 Å². The van der Waals surface area contributed by atoms with Gasteiger partial charge in [-0.25, -0.2) is 0 Å². The number of rotatable bonds is 7. The van der Waals surface area contributed by atoms with E-state index in [2.05, 4.69) is 10.6 Å². The molecular formula is C22H22N2O3. The highest BCUT2D eigenvalue weighted by Gasteiger charge is 2.11. The molecule has 3 aromatic rings. The largest absolute Gasteiger partial charge is 0.496 e. The standard InChI is InChI=1S/C22H22N2O3/c1-3-27-21-11-7-5-9-19(21)23-16-12-14-17(15-13-16)24-22(25)18-8-4-6-10-20(18)26-2/h4-15,23H,3H2,1-2H3,(H,24,25). The van der Waals surface area contributed by atoms with Gasteiger partial charge in [-0.3, -0.25) is 4.79 Å². The Morgan fingerprint density at radius 3 is 2.19 bits per heavy atom. The van der Waals surface area contributed by atoms with Crippen LogP contribution in [-0.2, 0) is 0 Å². The maximum Gasteiger partial charge on any atom is 0.259 e. The summed E-state index contributed by atoms with van der Waals surface area (Å²) in [5.41, 5.74) is 2.99. The number of carbonyl (C=O) groups is 1. The minimum atomic E-state index is -0.213. The lowest BCUT2D eigenvalue weighted by Gasteiger charge is -2.13. The summed E-state index contributed by atoms with van der Waals surface area (Å²) in [4.78, 5) is 12.5.